The van der Waals surface area contributed by atoms with Gasteiger partial charge in [0.15, 0.2) is 0 Å². The number of allylic oxidation sites excluding steroid dienone is 1. The van der Waals surface area contributed by atoms with Crippen molar-refractivity contribution in [3.63, 3.8) is 0 Å². The summed E-state index contributed by atoms with van der Waals surface area (Å²) in [7, 11) is 0. The Morgan fingerprint density at radius 3 is 2.25 bits per heavy atom. The Balaban J connectivity index is 0.00000106. The smallest absolute Gasteiger partial charge is 0.256 e. The lowest BCUT2D eigenvalue weighted by Gasteiger charge is -2.08. The lowest BCUT2D eigenvalue weighted by Crippen LogP contribution is -2.08. The summed E-state index contributed by atoms with van der Waals surface area (Å²) in [4.78, 5) is 3.86. The maximum absolute atomic E-state index is 12.0. The predicted molar refractivity (Wildman–Crippen MR) is 60.0 cm³/mol. The Hall–Kier alpha value is -1.32. The maximum Gasteiger partial charge on any atom is 0.393 e. The molecule has 0 unspecified atom stereocenters. The first kappa shape index (κ1) is 14.7. The van der Waals surface area contributed by atoms with Gasteiger partial charge in [-0.15, -0.1) is 0 Å². The lowest BCUT2D eigenvalue weighted by molar-refractivity contribution is -0.123. The fraction of sp³-hybridized carbons (Fsp3) is 0.417. The van der Waals surface area contributed by atoms with Crippen LogP contribution in [0.1, 0.15) is 31.5 Å². The van der Waals surface area contributed by atoms with Gasteiger partial charge in [-0.25, -0.2) is 0 Å². The van der Waals surface area contributed by atoms with Crippen molar-refractivity contribution in [3.05, 3.63) is 36.2 Å². The predicted octanol–water partition coefficient (Wildman–Crippen LogP) is 4.38. The quantitative estimate of drug-likeness (QED) is 0.736. The third-order valence-electron chi connectivity index (χ3n) is 1.69. The number of hydrogen-bond acceptors (Lipinski definition) is 1. The van der Waals surface area contributed by atoms with Crippen LogP contribution in [0, 0.1) is 6.92 Å². The molecule has 0 spiro atoms. The van der Waals surface area contributed by atoms with Crippen molar-refractivity contribution < 1.29 is 13.2 Å². The SMILES string of the molecule is C=C(CC(F)(F)F)c1ccc(C)cn1.CC. The summed E-state index contributed by atoms with van der Waals surface area (Å²) in [6.07, 6.45) is -3.70. The van der Waals surface area contributed by atoms with Crippen LogP contribution in [-0.4, -0.2) is 11.2 Å². The summed E-state index contributed by atoms with van der Waals surface area (Å²) < 4.78 is 35.9. The van der Waals surface area contributed by atoms with Crippen LogP contribution in [-0.2, 0) is 0 Å². The summed E-state index contributed by atoms with van der Waals surface area (Å²) >= 11 is 0. The highest BCUT2D eigenvalue weighted by atomic mass is 19.4. The van der Waals surface area contributed by atoms with Crippen LogP contribution in [0.5, 0.6) is 0 Å². The number of nitrogens with zero attached hydrogens (tertiary/aromatic N) is 1. The van der Waals surface area contributed by atoms with Crippen LogP contribution in [0.4, 0.5) is 13.2 Å². The van der Waals surface area contributed by atoms with Gasteiger partial charge in [-0.1, -0.05) is 26.5 Å². The van der Waals surface area contributed by atoms with Gasteiger partial charge in [0.2, 0.25) is 0 Å². The maximum atomic E-state index is 12.0. The molecule has 0 fully saturated rings. The van der Waals surface area contributed by atoms with Gasteiger partial charge >= 0.3 is 6.18 Å². The molecule has 0 aliphatic rings. The summed E-state index contributed by atoms with van der Waals surface area (Å²) in [5, 5.41) is 0. The molecule has 1 nitrogen and oxygen atoms in total. The topological polar surface area (TPSA) is 12.9 Å². The molecule has 0 aliphatic carbocycles. The second-order valence-electron chi connectivity index (χ2n) is 3.12. The first-order valence-electron chi connectivity index (χ1n) is 5.06. The lowest BCUT2D eigenvalue weighted by atomic mass is 10.1. The minimum Gasteiger partial charge on any atom is -0.256 e. The molecule has 4 heteroatoms. The van der Waals surface area contributed by atoms with E-state index in [-0.39, 0.29) is 5.57 Å². The standard InChI is InChI=1S/C10H10F3N.C2H6/c1-7-3-4-9(14-6-7)8(2)5-10(11,12)13;1-2/h3-4,6H,2,5H2,1H3;1-2H3. The molecule has 0 saturated heterocycles. The molecular formula is C12H16F3N. The average Bonchev–Trinajstić information content (AvgIpc) is 2.19. The normalized spacial score (nSPS) is 10.4. The molecule has 0 aliphatic heterocycles. The fourth-order valence-corrected chi connectivity index (χ4v) is 1.01. The van der Waals surface area contributed by atoms with E-state index in [9.17, 15) is 13.2 Å². The van der Waals surface area contributed by atoms with E-state index < -0.39 is 12.6 Å². The number of alkyl halides is 3. The van der Waals surface area contributed by atoms with Crippen LogP contribution < -0.4 is 0 Å². The van der Waals surface area contributed by atoms with Crippen molar-refractivity contribution in [2.45, 2.75) is 33.4 Å². The van der Waals surface area contributed by atoms with Gasteiger partial charge in [0.05, 0.1) is 12.1 Å². The van der Waals surface area contributed by atoms with Crippen molar-refractivity contribution >= 4 is 5.57 Å². The van der Waals surface area contributed by atoms with Gasteiger partial charge in [-0.05, 0) is 24.1 Å². The Bertz CT molecular complexity index is 325. The number of hydrogen-bond donors (Lipinski definition) is 0. The van der Waals surface area contributed by atoms with Crippen molar-refractivity contribution in [2.24, 2.45) is 0 Å². The van der Waals surface area contributed by atoms with E-state index in [2.05, 4.69) is 11.6 Å². The molecule has 1 aromatic heterocycles. The third-order valence-corrected chi connectivity index (χ3v) is 1.69. The minimum atomic E-state index is -4.22. The molecule has 0 N–H and O–H groups in total. The zero-order valence-corrected chi connectivity index (χ0v) is 9.73. The molecule has 0 atom stereocenters. The fourth-order valence-electron chi connectivity index (χ4n) is 1.01. The highest BCUT2D eigenvalue weighted by Crippen LogP contribution is 2.28. The largest absolute Gasteiger partial charge is 0.393 e. The molecule has 0 bridgehead atoms. The molecule has 90 valence electrons. The molecule has 0 saturated carbocycles. The number of halogens is 3. The van der Waals surface area contributed by atoms with Gasteiger partial charge in [0.1, 0.15) is 0 Å². The van der Waals surface area contributed by atoms with Gasteiger partial charge in [-0.2, -0.15) is 13.2 Å². The van der Waals surface area contributed by atoms with Crippen molar-refractivity contribution in [1.29, 1.82) is 0 Å². The first-order chi connectivity index (χ1) is 7.38. The zero-order valence-electron chi connectivity index (χ0n) is 9.73. The number of aromatic nitrogens is 1. The molecule has 1 aromatic rings. The summed E-state index contributed by atoms with van der Waals surface area (Å²) in [6.45, 7) is 9.18. The summed E-state index contributed by atoms with van der Waals surface area (Å²) in [5.41, 5.74) is 1.21. The molecule has 16 heavy (non-hydrogen) atoms. The van der Waals surface area contributed by atoms with Gasteiger partial charge in [0, 0.05) is 6.20 Å². The monoisotopic (exact) mass is 231 g/mol. The molecule has 1 heterocycles. The van der Waals surface area contributed by atoms with E-state index in [1.165, 1.54) is 6.20 Å². The first-order valence-corrected chi connectivity index (χ1v) is 5.06. The van der Waals surface area contributed by atoms with E-state index in [0.29, 0.717) is 5.69 Å². The number of rotatable bonds is 2. The third kappa shape index (κ3) is 5.53. The Morgan fingerprint density at radius 2 is 1.88 bits per heavy atom. The zero-order chi connectivity index (χ0) is 12.8. The summed E-state index contributed by atoms with van der Waals surface area (Å²) in [6, 6.07) is 3.26. The second-order valence-corrected chi connectivity index (χ2v) is 3.12. The number of aryl methyl sites for hydroxylation is 1. The molecule has 0 amide bonds. The molecule has 1 rings (SSSR count). The van der Waals surface area contributed by atoms with E-state index in [4.69, 9.17) is 0 Å². The molecule has 0 radical (unpaired) electrons. The van der Waals surface area contributed by atoms with Gasteiger partial charge in [0.25, 0.3) is 0 Å². The van der Waals surface area contributed by atoms with Crippen molar-refractivity contribution in [1.82, 2.24) is 4.98 Å². The van der Waals surface area contributed by atoms with Crippen LogP contribution >= 0.6 is 0 Å². The molecule has 0 aromatic carbocycles. The van der Waals surface area contributed by atoms with Gasteiger partial charge < -0.3 is 0 Å². The van der Waals surface area contributed by atoms with Crippen LogP contribution in [0.15, 0.2) is 24.9 Å². The van der Waals surface area contributed by atoms with Crippen LogP contribution in [0.3, 0.4) is 0 Å². The number of pyridine rings is 1. The summed E-state index contributed by atoms with van der Waals surface area (Å²) in [5.74, 6) is 0. The van der Waals surface area contributed by atoms with E-state index in [1.807, 2.05) is 20.8 Å². The minimum absolute atomic E-state index is 0.00231. The Morgan fingerprint density at radius 1 is 1.31 bits per heavy atom. The van der Waals surface area contributed by atoms with Crippen molar-refractivity contribution in [2.75, 3.05) is 0 Å². The average molecular weight is 231 g/mol. The van der Waals surface area contributed by atoms with E-state index in [1.54, 1.807) is 12.1 Å². The highest BCUT2D eigenvalue weighted by molar-refractivity contribution is 5.60. The Kier molecular flexibility index (Phi) is 5.78. The highest BCUT2D eigenvalue weighted by Gasteiger charge is 2.28. The van der Waals surface area contributed by atoms with Gasteiger partial charge in [-0.3, -0.25) is 4.98 Å². The van der Waals surface area contributed by atoms with E-state index in [0.717, 1.165) is 5.56 Å². The van der Waals surface area contributed by atoms with Crippen molar-refractivity contribution in [3.8, 4) is 0 Å². The van der Waals surface area contributed by atoms with Crippen LogP contribution in [0.2, 0.25) is 0 Å². The molecular weight excluding hydrogens is 215 g/mol. The Labute approximate surface area is 94.0 Å². The van der Waals surface area contributed by atoms with Crippen LogP contribution in [0.25, 0.3) is 5.57 Å². The second kappa shape index (κ2) is 6.30. The van der Waals surface area contributed by atoms with E-state index >= 15 is 0 Å².